The van der Waals surface area contributed by atoms with Crippen LogP contribution in [-0.2, 0) is 6.54 Å². The Morgan fingerprint density at radius 1 is 1.44 bits per heavy atom. The molecule has 1 aliphatic rings. The fourth-order valence-electron chi connectivity index (χ4n) is 2.57. The molecule has 0 saturated carbocycles. The Kier molecular flexibility index (Phi) is 4.55. The van der Waals surface area contributed by atoms with Crippen LogP contribution in [0.5, 0.6) is 0 Å². The molecule has 1 fully saturated rings. The van der Waals surface area contributed by atoms with Crippen LogP contribution < -0.4 is 10.2 Å². The van der Waals surface area contributed by atoms with E-state index in [2.05, 4.69) is 10.2 Å². The lowest BCUT2D eigenvalue weighted by Gasteiger charge is -2.33. The molecule has 1 aromatic rings. The Bertz CT molecular complexity index is 397. The summed E-state index contributed by atoms with van der Waals surface area (Å²) in [4.78, 5) is 2.17. The predicted molar refractivity (Wildman–Crippen MR) is 71.2 cm³/mol. The summed E-state index contributed by atoms with van der Waals surface area (Å²) in [7, 11) is 1.85. The topological polar surface area (TPSA) is 35.5 Å². The summed E-state index contributed by atoms with van der Waals surface area (Å²) in [6.07, 6.45) is 2.12. The van der Waals surface area contributed by atoms with E-state index in [0.717, 1.165) is 37.2 Å². The first-order chi connectivity index (χ1) is 8.72. The van der Waals surface area contributed by atoms with Gasteiger partial charge in [0.2, 0.25) is 0 Å². The van der Waals surface area contributed by atoms with Gasteiger partial charge in [-0.1, -0.05) is 0 Å². The minimum atomic E-state index is -0.191. The van der Waals surface area contributed by atoms with E-state index < -0.39 is 0 Å². The van der Waals surface area contributed by atoms with E-state index >= 15 is 0 Å². The van der Waals surface area contributed by atoms with Crippen molar-refractivity contribution < 1.29 is 9.50 Å². The summed E-state index contributed by atoms with van der Waals surface area (Å²) in [5.74, 6) is 0.124. The molecule has 0 amide bonds. The third-order valence-electron chi connectivity index (χ3n) is 3.47. The second-order valence-corrected chi connectivity index (χ2v) is 4.98. The lowest BCUT2D eigenvalue weighted by molar-refractivity contribution is 0.208. The molecule has 1 aromatic carbocycles. The molecule has 1 heterocycles. The second kappa shape index (κ2) is 6.16. The Hall–Kier alpha value is -1.13. The van der Waals surface area contributed by atoms with Crippen LogP contribution in [0.1, 0.15) is 18.4 Å². The van der Waals surface area contributed by atoms with Crippen molar-refractivity contribution in [3.05, 3.63) is 29.6 Å². The number of hydrogen-bond acceptors (Lipinski definition) is 3. The van der Waals surface area contributed by atoms with Crippen LogP contribution >= 0.6 is 0 Å². The number of aliphatic hydroxyl groups excluding tert-OH is 1. The lowest BCUT2D eigenvalue weighted by atomic mass is 9.98. The minimum absolute atomic E-state index is 0.191. The average Bonchev–Trinajstić information content (AvgIpc) is 2.38. The van der Waals surface area contributed by atoms with Gasteiger partial charge in [0.25, 0.3) is 0 Å². The van der Waals surface area contributed by atoms with Crippen LogP contribution in [0.15, 0.2) is 18.2 Å². The molecule has 2 rings (SSSR count). The Balaban J connectivity index is 2.16. The van der Waals surface area contributed by atoms with Crippen molar-refractivity contribution in [2.75, 3.05) is 31.6 Å². The Morgan fingerprint density at radius 2 is 2.28 bits per heavy atom. The maximum absolute atomic E-state index is 13.6. The van der Waals surface area contributed by atoms with E-state index in [1.807, 2.05) is 13.1 Å². The van der Waals surface area contributed by atoms with Crippen LogP contribution in [0.25, 0.3) is 0 Å². The lowest BCUT2D eigenvalue weighted by Crippen LogP contribution is -2.36. The van der Waals surface area contributed by atoms with E-state index in [0.29, 0.717) is 12.5 Å². The van der Waals surface area contributed by atoms with Gasteiger partial charge in [0.1, 0.15) is 5.82 Å². The molecule has 1 saturated heterocycles. The summed E-state index contributed by atoms with van der Waals surface area (Å²) >= 11 is 0. The molecule has 0 aromatic heterocycles. The molecule has 1 atom stereocenters. The molecular weight excluding hydrogens is 231 g/mol. The van der Waals surface area contributed by atoms with E-state index in [4.69, 9.17) is 0 Å². The zero-order valence-corrected chi connectivity index (χ0v) is 10.8. The number of nitrogens with one attached hydrogen (secondary N) is 1. The smallest absolute Gasteiger partial charge is 0.125 e. The Morgan fingerprint density at radius 3 is 3.00 bits per heavy atom. The summed E-state index contributed by atoms with van der Waals surface area (Å²) in [5.41, 5.74) is 1.89. The average molecular weight is 252 g/mol. The summed E-state index contributed by atoms with van der Waals surface area (Å²) in [5, 5.41) is 12.3. The van der Waals surface area contributed by atoms with Gasteiger partial charge in [0.05, 0.1) is 0 Å². The Labute approximate surface area is 108 Å². The molecule has 1 unspecified atom stereocenters. The first-order valence-electron chi connectivity index (χ1n) is 6.53. The maximum atomic E-state index is 13.6. The second-order valence-electron chi connectivity index (χ2n) is 4.98. The molecule has 1 aliphatic heterocycles. The number of piperidine rings is 1. The number of halogens is 1. The fraction of sp³-hybridized carbons (Fsp3) is 0.571. The third-order valence-corrected chi connectivity index (χ3v) is 3.47. The standard InChI is InChI=1S/C14H21FN2O/c1-16-8-12-5-13(15)7-14(6-12)17-4-2-3-11(9-17)10-18/h5-7,11,16,18H,2-4,8-10H2,1H3. The van der Waals surface area contributed by atoms with Gasteiger partial charge in [-0.05, 0) is 49.6 Å². The number of benzene rings is 1. The van der Waals surface area contributed by atoms with Crippen LogP contribution in [0.3, 0.4) is 0 Å². The summed E-state index contributed by atoms with van der Waals surface area (Å²) in [6.45, 7) is 2.65. The highest BCUT2D eigenvalue weighted by atomic mass is 19.1. The number of anilines is 1. The largest absolute Gasteiger partial charge is 0.396 e. The van der Waals surface area contributed by atoms with Gasteiger partial charge in [-0.2, -0.15) is 0 Å². The molecule has 0 bridgehead atoms. The van der Waals surface area contributed by atoms with Gasteiger partial charge in [-0.15, -0.1) is 0 Å². The molecule has 0 aliphatic carbocycles. The number of hydrogen-bond donors (Lipinski definition) is 2. The maximum Gasteiger partial charge on any atom is 0.125 e. The molecule has 18 heavy (non-hydrogen) atoms. The highest BCUT2D eigenvalue weighted by molar-refractivity contribution is 5.49. The zero-order valence-electron chi connectivity index (χ0n) is 10.8. The van der Waals surface area contributed by atoms with Gasteiger partial charge in [-0.25, -0.2) is 4.39 Å². The molecule has 0 radical (unpaired) electrons. The third kappa shape index (κ3) is 3.21. The van der Waals surface area contributed by atoms with Crippen LogP contribution in [0, 0.1) is 11.7 Å². The highest BCUT2D eigenvalue weighted by Gasteiger charge is 2.20. The SMILES string of the molecule is CNCc1cc(F)cc(N2CCCC(CO)C2)c1. The molecule has 2 N–H and O–H groups in total. The van der Waals surface area contributed by atoms with E-state index in [9.17, 15) is 9.50 Å². The number of rotatable bonds is 4. The number of nitrogens with zero attached hydrogens (tertiary/aromatic N) is 1. The van der Waals surface area contributed by atoms with Gasteiger partial charge in [-0.3, -0.25) is 0 Å². The van der Waals surface area contributed by atoms with E-state index in [-0.39, 0.29) is 12.4 Å². The van der Waals surface area contributed by atoms with Crippen molar-refractivity contribution in [3.8, 4) is 0 Å². The first kappa shape index (κ1) is 13.3. The molecule has 100 valence electrons. The quantitative estimate of drug-likeness (QED) is 0.857. The zero-order chi connectivity index (χ0) is 13.0. The van der Waals surface area contributed by atoms with Crippen LogP contribution in [0.2, 0.25) is 0 Å². The van der Waals surface area contributed by atoms with Crippen molar-refractivity contribution in [1.82, 2.24) is 5.32 Å². The van der Waals surface area contributed by atoms with E-state index in [1.54, 1.807) is 12.1 Å². The highest BCUT2D eigenvalue weighted by Crippen LogP contribution is 2.24. The monoisotopic (exact) mass is 252 g/mol. The normalized spacial score (nSPS) is 20.2. The molecule has 3 nitrogen and oxygen atoms in total. The van der Waals surface area contributed by atoms with Crippen molar-refractivity contribution in [3.63, 3.8) is 0 Å². The molecular formula is C14H21FN2O. The first-order valence-corrected chi connectivity index (χ1v) is 6.53. The van der Waals surface area contributed by atoms with Gasteiger partial charge in [0.15, 0.2) is 0 Å². The molecule has 0 spiro atoms. The van der Waals surface area contributed by atoms with Crippen molar-refractivity contribution in [2.45, 2.75) is 19.4 Å². The summed E-state index contributed by atoms with van der Waals surface area (Å²) < 4.78 is 13.6. The predicted octanol–water partition coefficient (Wildman–Crippen LogP) is 1.75. The summed E-state index contributed by atoms with van der Waals surface area (Å²) in [6, 6.07) is 5.17. The minimum Gasteiger partial charge on any atom is -0.396 e. The number of aliphatic hydroxyl groups is 1. The van der Waals surface area contributed by atoms with Gasteiger partial charge >= 0.3 is 0 Å². The van der Waals surface area contributed by atoms with Crippen molar-refractivity contribution in [2.24, 2.45) is 5.92 Å². The fourth-order valence-corrected chi connectivity index (χ4v) is 2.57. The van der Waals surface area contributed by atoms with E-state index in [1.165, 1.54) is 0 Å². The van der Waals surface area contributed by atoms with Gasteiger partial charge in [0, 0.05) is 31.9 Å². The van der Waals surface area contributed by atoms with Crippen molar-refractivity contribution in [1.29, 1.82) is 0 Å². The van der Waals surface area contributed by atoms with Crippen LogP contribution in [-0.4, -0.2) is 31.9 Å². The molecule has 4 heteroatoms. The van der Waals surface area contributed by atoms with Gasteiger partial charge < -0.3 is 15.3 Å². The van der Waals surface area contributed by atoms with Crippen LogP contribution in [0.4, 0.5) is 10.1 Å². The van der Waals surface area contributed by atoms with Crippen molar-refractivity contribution >= 4 is 5.69 Å².